The monoisotopic (exact) mass is 665 g/mol. The predicted octanol–water partition coefficient (Wildman–Crippen LogP) is 8.48. The van der Waals surface area contributed by atoms with E-state index in [1.807, 2.05) is 48.5 Å². The molecule has 0 amide bonds. The van der Waals surface area contributed by atoms with Gasteiger partial charge < -0.3 is 18.9 Å². The van der Waals surface area contributed by atoms with Crippen molar-refractivity contribution in [3.8, 4) is 39.2 Å². The molecule has 3 aromatic carbocycles. The van der Waals surface area contributed by atoms with Crippen molar-refractivity contribution in [1.29, 1.82) is 0 Å². The van der Waals surface area contributed by atoms with Crippen LogP contribution < -0.4 is 18.9 Å². The average molecular weight is 667 g/mol. The molecule has 1 aliphatic heterocycles. The Morgan fingerprint density at radius 3 is 2.16 bits per heavy atom. The molecular formula is C34H36BrNO6S. The number of ether oxygens (including phenoxy) is 4. The van der Waals surface area contributed by atoms with E-state index in [2.05, 4.69) is 20.8 Å². The van der Waals surface area contributed by atoms with E-state index < -0.39 is 0 Å². The molecule has 9 heteroatoms. The van der Waals surface area contributed by atoms with Gasteiger partial charge >= 0.3 is 11.9 Å². The van der Waals surface area contributed by atoms with Crippen LogP contribution in [0.15, 0.2) is 66.7 Å². The number of thiophene rings is 1. The van der Waals surface area contributed by atoms with E-state index in [1.165, 1.54) is 50.9 Å². The first-order valence-electron chi connectivity index (χ1n) is 14.6. The molecule has 0 spiro atoms. The Labute approximate surface area is 264 Å². The number of benzene rings is 3. The molecule has 1 aliphatic rings. The topological polar surface area (TPSA) is 74.3 Å². The number of rotatable bonds is 12. The minimum absolute atomic E-state index is 0.370. The van der Waals surface area contributed by atoms with Gasteiger partial charge in [-0.3, -0.25) is 14.5 Å². The second-order valence-corrected chi connectivity index (χ2v) is 12.5. The van der Waals surface area contributed by atoms with Crippen molar-refractivity contribution in [3.63, 3.8) is 0 Å². The van der Waals surface area contributed by atoms with Crippen molar-refractivity contribution >= 4 is 49.3 Å². The highest BCUT2D eigenvalue weighted by atomic mass is 79.9. The van der Waals surface area contributed by atoms with E-state index >= 15 is 0 Å². The fraction of sp³-hybridized carbons (Fsp3) is 0.353. The molecule has 1 aromatic heterocycles. The quantitative estimate of drug-likeness (QED) is 0.0853. The summed E-state index contributed by atoms with van der Waals surface area (Å²) < 4.78 is 24.0. The molecule has 1 saturated heterocycles. The summed E-state index contributed by atoms with van der Waals surface area (Å²) in [5, 5.41) is 2.00. The third kappa shape index (κ3) is 8.59. The van der Waals surface area contributed by atoms with Gasteiger partial charge in [0.2, 0.25) is 0 Å². The normalized spacial score (nSPS) is 14.0. The molecule has 226 valence electrons. The summed E-state index contributed by atoms with van der Waals surface area (Å²) in [5.41, 5.74) is 0.910. The van der Waals surface area contributed by atoms with Gasteiger partial charge in [-0.1, -0.05) is 15.9 Å². The number of carbonyl (C=O) groups is 2. The molecule has 0 radical (unpaired) electrons. The molecular weight excluding hydrogens is 630 g/mol. The Morgan fingerprint density at radius 2 is 1.49 bits per heavy atom. The maximum atomic E-state index is 11.5. The summed E-state index contributed by atoms with van der Waals surface area (Å²) in [5.74, 6) is 3.25. The molecule has 0 unspecified atom stereocenters. The first-order valence-corrected chi connectivity index (χ1v) is 16.5. The van der Waals surface area contributed by atoms with Gasteiger partial charge in [-0.2, -0.15) is 0 Å². The Balaban J connectivity index is 1.27. The molecule has 0 aliphatic carbocycles. The molecule has 43 heavy (non-hydrogen) atoms. The lowest BCUT2D eigenvalue weighted by molar-refractivity contribution is -0.132. The zero-order valence-corrected chi connectivity index (χ0v) is 26.9. The van der Waals surface area contributed by atoms with Crippen LogP contribution in [0.2, 0.25) is 0 Å². The van der Waals surface area contributed by atoms with Crippen LogP contribution >= 0.6 is 27.3 Å². The van der Waals surface area contributed by atoms with Gasteiger partial charge in [-0.25, -0.2) is 0 Å². The van der Waals surface area contributed by atoms with Gasteiger partial charge in [-0.15, -0.1) is 11.3 Å². The molecule has 4 aromatic rings. The van der Waals surface area contributed by atoms with Crippen LogP contribution in [0, 0.1) is 5.92 Å². The van der Waals surface area contributed by atoms with E-state index in [0.29, 0.717) is 29.6 Å². The van der Waals surface area contributed by atoms with Gasteiger partial charge in [0.1, 0.15) is 29.6 Å². The fourth-order valence-electron chi connectivity index (χ4n) is 5.29. The van der Waals surface area contributed by atoms with E-state index in [-0.39, 0.29) is 11.9 Å². The number of nitrogens with zero attached hydrogens (tertiary/aromatic N) is 1. The molecule has 5 rings (SSSR count). The maximum absolute atomic E-state index is 11.5. The minimum atomic E-state index is -0.374. The number of halogens is 1. The fourth-order valence-corrected chi connectivity index (χ4v) is 6.78. The smallest absolute Gasteiger partial charge is 0.308 e. The highest BCUT2D eigenvalue weighted by molar-refractivity contribution is 9.09. The molecule has 0 saturated carbocycles. The largest absolute Gasteiger partial charge is 0.492 e. The van der Waals surface area contributed by atoms with Crippen molar-refractivity contribution in [2.24, 2.45) is 5.92 Å². The second kappa shape index (κ2) is 14.9. The molecule has 0 atom stereocenters. The van der Waals surface area contributed by atoms with Crippen molar-refractivity contribution < 1.29 is 28.5 Å². The first-order chi connectivity index (χ1) is 20.9. The molecule has 7 nitrogen and oxygen atoms in total. The van der Waals surface area contributed by atoms with Crippen LogP contribution in [0.25, 0.3) is 20.5 Å². The number of piperidine rings is 1. The number of alkyl halides is 1. The van der Waals surface area contributed by atoms with Crippen LogP contribution in [0.4, 0.5) is 0 Å². The van der Waals surface area contributed by atoms with Gasteiger partial charge in [0.15, 0.2) is 5.75 Å². The van der Waals surface area contributed by atoms with E-state index in [9.17, 15) is 9.59 Å². The number of esters is 2. The molecule has 0 N–H and O–H groups in total. The number of hydrogen-bond donors (Lipinski definition) is 0. The van der Waals surface area contributed by atoms with Crippen molar-refractivity contribution in [3.05, 3.63) is 66.7 Å². The maximum Gasteiger partial charge on any atom is 0.308 e. The SMILES string of the molecule is CC(=O)Oc1ccc(-c2sc3cc(OC(C)=O)ccc3c2Oc2ccc(OCCN3CCC(CCCBr)CC3)cc2)cc1. The summed E-state index contributed by atoms with van der Waals surface area (Å²) in [6.07, 6.45) is 5.14. The van der Waals surface area contributed by atoms with Crippen LogP contribution in [-0.4, -0.2) is 48.4 Å². The summed E-state index contributed by atoms with van der Waals surface area (Å²) >= 11 is 5.08. The standard InChI is InChI=1S/C34H36BrNO6S/c1-23(37)40-28-7-5-26(6-8-28)34-33(31-14-13-30(41-24(2)38)22-32(31)43-34)42-29-11-9-27(10-12-29)39-21-20-36-18-15-25(16-19-36)4-3-17-35/h5-14,22,25H,3-4,15-21H2,1-2H3. The van der Waals surface area contributed by atoms with Gasteiger partial charge in [-0.05, 0) is 117 Å². The second-order valence-electron chi connectivity index (χ2n) is 10.7. The average Bonchev–Trinajstić information content (AvgIpc) is 3.34. The summed E-state index contributed by atoms with van der Waals surface area (Å²) in [7, 11) is 0. The summed E-state index contributed by atoms with van der Waals surface area (Å²) in [6.45, 7) is 6.63. The van der Waals surface area contributed by atoms with Crippen molar-refractivity contribution in [1.82, 2.24) is 4.90 Å². The molecule has 2 heterocycles. The number of fused-ring (bicyclic) bond motifs is 1. The van der Waals surface area contributed by atoms with Gasteiger partial charge in [0.25, 0.3) is 0 Å². The zero-order valence-electron chi connectivity index (χ0n) is 24.5. The summed E-state index contributed by atoms with van der Waals surface area (Å²) in [4.78, 5) is 26.3. The Morgan fingerprint density at radius 1 is 0.860 bits per heavy atom. The highest BCUT2D eigenvalue weighted by Crippen LogP contribution is 2.47. The van der Waals surface area contributed by atoms with Crippen LogP contribution in [0.5, 0.6) is 28.7 Å². The van der Waals surface area contributed by atoms with E-state index in [4.69, 9.17) is 18.9 Å². The number of likely N-dealkylation sites (tertiary alicyclic amines) is 1. The predicted molar refractivity (Wildman–Crippen MR) is 174 cm³/mol. The highest BCUT2D eigenvalue weighted by Gasteiger charge is 2.20. The minimum Gasteiger partial charge on any atom is -0.492 e. The molecule has 1 fully saturated rings. The van der Waals surface area contributed by atoms with E-state index in [0.717, 1.165) is 57.2 Å². The van der Waals surface area contributed by atoms with Gasteiger partial charge in [0.05, 0.1) is 4.88 Å². The number of hydrogen-bond acceptors (Lipinski definition) is 8. The first kappa shape index (κ1) is 31.0. The van der Waals surface area contributed by atoms with Crippen LogP contribution in [0.3, 0.4) is 0 Å². The lowest BCUT2D eigenvalue weighted by Crippen LogP contribution is -2.36. The number of carbonyl (C=O) groups excluding carboxylic acids is 2. The summed E-state index contributed by atoms with van der Waals surface area (Å²) in [6, 6.07) is 20.5. The third-order valence-electron chi connectivity index (χ3n) is 7.43. The third-order valence-corrected chi connectivity index (χ3v) is 9.17. The van der Waals surface area contributed by atoms with Crippen molar-refractivity contribution in [2.45, 2.75) is 39.5 Å². The van der Waals surface area contributed by atoms with Gasteiger partial charge in [0, 0.05) is 35.8 Å². The van der Waals surface area contributed by atoms with Crippen molar-refractivity contribution in [2.75, 3.05) is 31.6 Å². The van der Waals surface area contributed by atoms with E-state index in [1.54, 1.807) is 18.2 Å². The zero-order chi connectivity index (χ0) is 30.2. The van der Waals surface area contributed by atoms with Crippen LogP contribution in [0.1, 0.15) is 39.5 Å². The Hall–Kier alpha value is -3.40. The molecule has 0 bridgehead atoms. The lowest BCUT2D eigenvalue weighted by Gasteiger charge is -2.31. The Kier molecular flexibility index (Phi) is 10.7. The Bertz CT molecular complexity index is 1530. The van der Waals surface area contributed by atoms with Crippen LogP contribution in [-0.2, 0) is 9.59 Å². The lowest BCUT2D eigenvalue weighted by atomic mass is 9.92.